The maximum absolute atomic E-state index is 11.9. The second-order valence-corrected chi connectivity index (χ2v) is 4.20. The van der Waals surface area contributed by atoms with Crippen LogP contribution in [0.1, 0.15) is 29.3 Å². The van der Waals surface area contributed by atoms with Crippen LogP contribution in [0.3, 0.4) is 0 Å². The van der Waals surface area contributed by atoms with Crippen LogP contribution in [0.5, 0.6) is 0 Å². The van der Waals surface area contributed by atoms with Crippen molar-refractivity contribution in [3.8, 4) is 0 Å². The summed E-state index contributed by atoms with van der Waals surface area (Å²) in [7, 11) is 1.49. The van der Waals surface area contributed by atoms with E-state index < -0.39 is 12.0 Å². The first-order valence-corrected chi connectivity index (χ1v) is 6.20. The summed E-state index contributed by atoms with van der Waals surface area (Å²) in [5.41, 5.74) is 1.59. The number of hydrogen-bond donors (Lipinski definition) is 2. The van der Waals surface area contributed by atoms with E-state index in [4.69, 9.17) is 9.84 Å². The molecule has 104 valence electrons. The van der Waals surface area contributed by atoms with Crippen molar-refractivity contribution in [2.45, 2.75) is 25.8 Å². The molecule has 19 heavy (non-hydrogen) atoms. The third kappa shape index (κ3) is 4.71. The van der Waals surface area contributed by atoms with Crippen LogP contribution in [0.4, 0.5) is 0 Å². The van der Waals surface area contributed by atoms with Gasteiger partial charge in [0.05, 0.1) is 0 Å². The van der Waals surface area contributed by atoms with Crippen LogP contribution in [-0.4, -0.2) is 36.7 Å². The zero-order valence-corrected chi connectivity index (χ0v) is 11.2. The number of aliphatic carboxylic acids is 1. The first-order valence-electron chi connectivity index (χ1n) is 6.20. The maximum atomic E-state index is 11.9. The van der Waals surface area contributed by atoms with Gasteiger partial charge in [0.1, 0.15) is 6.04 Å². The number of carbonyl (C=O) groups is 2. The van der Waals surface area contributed by atoms with Crippen molar-refractivity contribution in [1.82, 2.24) is 5.32 Å². The Morgan fingerprint density at radius 2 is 1.95 bits per heavy atom. The fraction of sp³-hybridized carbons (Fsp3) is 0.429. The number of carboxylic acids is 1. The largest absolute Gasteiger partial charge is 0.480 e. The summed E-state index contributed by atoms with van der Waals surface area (Å²) in [6, 6.07) is 6.19. The molecule has 1 atom stereocenters. The molecule has 0 saturated carbocycles. The SMILES string of the molecule is CCc1ccc(C(=O)NC(CCOC)C(=O)O)cc1. The Kier molecular flexibility index (Phi) is 6.02. The third-order valence-corrected chi connectivity index (χ3v) is 2.84. The molecule has 1 aromatic carbocycles. The van der Waals surface area contributed by atoms with E-state index in [2.05, 4.69) is 5.32 Å². The fourth-order valence-electron chi connectivity index (χ4n) is 1.63. The van der Waals surface area contributed by atoms with E-state index in [9.17, 15) is 9.59 Å². The number of hydrogen-bond acceptors (Lipinski definition) is 3. The summed E-state index contributed by atoms with van der Waals surface area (Å²) in [6.07, 6.45) is 1.14. The zero-order valence-electron chi connectivity index (χ0n) is 11.2. The lowest BCUT2D eigenvalue weighted by atomic mass is 10.1. The highest BCUT2D eigenvalue weighted by atomic mass is 16.5. The molecule has 1 aromatic rings. The average molecular weight is 265 g/mol. The Bertz CT molecular complexity index is 428. The highest BCUT2D eigenvalue weighted by molar-refractivity contribution is 5.96. The van der Waals surface area contributed by atoms with Gasteiger partial charge >= 0.3 is 5.97 Å². The average Bonchev–Trinajstić information content (AvgIpc) is 2.43. The predicted octanol–water partition coefficient (Wildman–Crippen LogP) is 1.47. The Morgan fingerprint density at radius 3 is 2.42 bits per heavy atom. The number of benzene rings is 1. The van der Waals surface area contributed by atoms with Crippen LogP contribution >= 0.6 is 0 Å². The number of amides is 1. The molecule has 5 heteroatoms. The molecule has 0 bridgehead atoms. The molecule has 1 amide bonds. The summed E-state index contributed by atoms with van der Waals surface area (Å²) in [5.74, 6) is -1.44. The fourth-order valence-corrected chi connectivity index (χ4v) is 1.63. The second kappa shape index (κ2) is 7.53. The van der Waals surface area contributed by atoms with Crippen LogP contribution in [0.2, 0.25) is 0 Å². The van der Waals surface area contributed by atoms with E-state index in [0.29, 0.717) is 5.56 Å². The summed E-state index contributed by atoms with van der Waals surface area (Å²) in [4.78, 5) is 22.9. The number of methoxy groups -OCH3 is 1. The number of carboxylic acid groups (broad SMARTS) is 1. The summed E-state index contributed by atoms with van der Waals surface area (Å²) < 4.78 is 4.83. The lowest BCUT2D eigenvalue weighted by Crippen LogP contribution is -2.41. The van der Waals surface area contributed by atoms with Crippen LogP contribution in [0.25, 0.3) is 0 Å². The van der Waals surface area contributed by atoms with E-state index in [0.717, 1.165) is 12.0 Å². The molecule has 1 unspecified atom stereocenters. The number of ether oxygens (including phenoxy) is 1. The van der Waals surface area contributed by atoms with Gasteiger partial charge in [-0.15, -0.1) is 0 Å². The van der Waals surface area contributed by atoms with Gasteiger partial charge in [-0.25, -0.2) is 4.79 Å². The van der Waals surface area contributed by atoms with Crippen LogP contribution in [-0.2, 0) is 16.0 Å². The van der Waals surface area contributed by atoms with Crippen LogP contribution in [0, 0.1) is 0 Å². The lowest BCUT2D eigenvalue weighted by Gasteiger charge is -2.14. The van der Waals surface area contributed by atoms with E-state index in [1.165, 1.54) is 7.11 Å². The molecule has 0 radical (unpaired) electrons. The third-order valence-electron chi connectivity index (χ3n) is 2.84. The zero-order chi connectivity index (χ0) is 14.3. The van der Waals surface area contributed by atoms with E-state index in [-0.39, 0.29) is 18.9 Å². The number of aryl methyl sites for hydroxylation is 1. The molecule has 0 heterocycles. The predicted molar refractivity (Wildman–Crippen MR) is 71.2 cm³/mol. The maximum Gasteiger partial charge on any atom is 0.326 e. The standard InChI is InChI=1S/C14H19NO4/c1-3-10-4-6-11(7-5-10)13(16)15-12(14(17)18)8-9-19-2/h4-7,12H,3,8-9H2,1-2H3,(H,15,16)(H,17,18). The van der Waals surface area contributed by atoms with Crippen LogP contribution < -0.4 is 5.32 Å². The van der Waals surface area contributed by atoms with E-state index in [1.807, 2.05) is 19.1 Å². The van der Waals surface area contributed by atoms with Gasteiger partial charge in [0, 0.05) is 25.7 Å². The van der Waals surface area contributed by atoms with Gasteiger partial charge in [-0.2, -0.15) is 0 Å². The van der Waals surface area contributed by atoms with E-state index >= 15 is 0 Å². The van der Waals surface area contributed by atoms with Gasteiger partial charge < -0.3 is 15.2 Å². The minimum atomic E-state index is -1.06. The molecule has 2 N–H and O–H groups in total. The topological polar surface area (TPSA) is 75.6 Å². The van der Waals surface area contributed by atoms with Gasteiger partial charge in [-0.1, -0.05) is 19.1 Å². The molecule has 0 fully saturated rings. The minimum Gasteiger partial charge on any atom is -0.480 e. The summed E-state index contributed by atoms with van der Waals surface area (Å²) >= 11 is 0. The van der Waals surface area contributed by atoms with Crippen molar-refractivity contribution in [3.05, 3.63) is 35.4 Å². The molecule has 0 aromatic heterocycles. The molecular formula is C14H19NO4. The highest BCUT2D eigenvalue weighted by Crippen LogP contribution is 2.06. The number of carbonyl (C=O) groups excluding carboxylic acids is 1. The molecule has 0 aliphatic rings. The first kappa shape index (κ1) is 15.2. The highest BCUT2D eigenvalue weighted by Gasteiger charge is 2.20. The molecule has 0 saturated heterocycles. The monoisotopic (exact) mass is 265 g/mol. The van der Waals surface area contributed by atoms with Gasteiger partial charge in [-0.05, 0) is 24.1 Å². The van der Waals surface area contributed by atoms with Crippen molar-refractivity contribution >= 4 is 11.9 Å². The number of rotatable bonds is 7. The van der Waals surface area contributed by atoms with Gasteiger partial charge in [0.15, 0.2) is 0 Å². The summed E-state index contributed by atoms with van der Waals surface area (Å²) in [5, 5.41) is 11.5. The Hall–Kier alpha value is -1.88. The molecule has 0 aliphatic carbocycles. The Morgan fingerprint density at radius 1 is 1.32 bits per heavy atom. The number of nitrogens with one attached hydrogen (secondary N) is 1. The molecule has 5 nitrogen and oxygen atoms in total. The van der Waals surface area contributed by atoms with Gasteiger partial charge in [0.25, 0.3) is 5.91 Å². The smallest absolute Gasteiger partial charge is 0.326 e. The molecular weight excluding hydrogens is 246 g/mol. The van der Waals surface area contributed by atoms with Crippen molar-refractivity contribution < 1.29 is 19.4 Å². The Balaban J connectivity index is 2.67. The first-order chi connectivity index (χ1) is 9.08. The minimum absolute atomic E-state index is 0.241. The molecule has 0 aliphatic heterocycles. The normalized spacial score (nSPS) is 11.9. The van der Waals surface area contributed by atoms with Gasteiger partial charge in [0.2, 0.25) is 0 Å². The van der Waals surface area contributed by atoms with Gasteiger partial charge in [-0.3, -0.25) is 4.79 Å². The second-order valence-electron chi connectivity index (χ2n) is 4.20. The van der Waals surface area contributed by atoms with Crippen molar-refractivity contribution in [3.63, 3.8) is 0 Å². The van der Waals surface area contributed by atoms with Crippen LogP contribution in [0.15, 0.2) is 24.3 Å². The van der Waals surface area contributed by atoms with E-state index in [1.54, 1.807) is 12.1 Å². The summed E-state index contributed by atoms with van der Waals surface area (Å²) in [6.45, 7) is 2.31. The Labute approximate surface area is 112 Å². The van der Waals surface area contributed by atoms with Crippen molar-refractivity contribution in [1.29, 1.82) is 0 Å². The van der Waals surface area contributed by atoms with Crippen molar-refractivity contribution in [2.75, 3.05) is 13.7 Å². The molecule has 0 spiro atoms. The lowest BCUT2D eigenvalue weighted by molar-refractivity contribution is -0.139. The van der Waals surface area contributed by atoms with Crippen molar-refractivity contribution in [2.24, 2.45) is 0 Å². The quantitative estimate of drug-likeness (QED) is 0.782. The molecule has 1 rings (SSSR count).